The van der Waals surface area contributed by atoms with Gasteiger partial charge in [-0.3, -0.25) is 9.59 Å². The van der Waals surface area contributed by atoms with Gasteiger partial charge >= 0.3 is 0 Å². The molecule has 2 amide bonds. The summed E-state index contributed by atoms with van der Waals surface area (Å²) in [6.07, 6.45) is 6.90. The zero-order valence-electron chi connectivity index (χ0n) is 17.3. The van der Waals surface area contributed by atoms with Crippen LogP contribution >= 0.6 is 0 Å². The molecule has 4 rings (SSSR count). The van der Waals surface area contributed by atoms with Gasteiger partial charge in [0.05, 0.1) is 18.2 Å². The van der Waals surface area contributed by atoms with Crippen molar-refractivity contribution in [3.05, 3.63) is 23.8 Å². The van der Waals surface area contributed by atoms with Crippen molar-refractivity contribution in [3.63, 3.8) is 0 Å². The molecule has 1 aromatic rings. The first-order valence-corrected chi connectivity index (χ1v) is 10.7. The van der Waals surface area contributed by atoms with Crippen molar-refractivity contribution in [1.82, 2.24) is 25.1 Å². The Morgan fingerprint density at radius 1 is 1.28 bits per heavy atom. The Morgan fingerprint density at radius 3 is 2.79 bits per heavy atom. The molecule has 0 aliphatic carbocycles. The van der Waals surface area contributed by atoms with Gasteiger partial charge in [0.1, 0.15) is 5.82 Å². The predicted molar refractivity (Wildman–Crippen MR) is 107 cm³/mol. The highest BCUT2D eigenvalue weighted by Gasteiger charge is 2.49. The number of aromatic nitrogens is 2. The summed E-state index contributed by atoms with van der Waals surface area (Å²) < 4.78 is 5.28. The SMILES string of the molecule is COCCN1C[C@H]2C[C@@H](C1)[C@H](CNC(=O)c1cnc(C)nc1)N1C(=O)CCC[C@@H]21. The van der Waals surface area contributed by atoms with Crippen LogP contribution in [0.4, 0.5) is 0 Å². The Balaban J connectivity index is 1.48. The number of methoxy groups -OCH3 is 1. The van der Waals surface area contributed by atoms with Gasteiger partial charge in [-0.05, 0) is 38.0 Å². The minimum absolute atomic E-state index is 0.0460. The first kappa shape index (κ1) is 20.2. The molecule has 0 unspecified atom stereocenters. The lowest BCUT2D eigenvalue weighted by atomic mass is 9.72. The third kappa shape index (κ3) is 4.28. The molecule has 3 saturated heterocycles. The fourth-order valence-electron chi connectivity index (χ4n) is 5.35. The van der Waals surface area contributed by atoms with Crippen LogP contribution in [0.15, 0.2) is 12.4 Å². The summed E-state index contributed by atoms with van der Waals surface area (Å²) in [4.78, 5) is 38.2. The van der Waals surface area contributed by atoms with Crippen molar-refractivity contribution in [2.45, 2.75) is 44.7 Å². The molecule has 0 aromatic carbocycles. The zero-order valence-corrected chi connectivity index (χ0v) is 17.3. The number of nitrogens with zero attached hydrogens (tertiary/aromatic N) is 4. The highest BCUT2D eigenvalue weighted by Crippen LogP contribution is 2.41. The molecule has 4 heterocycles. The molecule has 0 spiro atoms. The number of hydrogen-bond donors (Lipinski definition) is 1. The van der Waals surface area contributed by atoms with Gasteiger partial charge in [-0.2, -0.15) is 0 Å². The number of amides is 2. The number of carbonyl (C=O) groups excluding carboxylic acids is 2. The molecule has 158 valence electrons. The molecule has 3 fully saturated rings. The van der Waals surface area contributed by atoms with E-state index in [1.807, 2.05) is 0 Å². The van der Waals surface area contributed by atoms with Crippen LogP contribution in [0.25, 0.3) is 0 Å². The monoisotopic (exact) mass is 401 g/mol. The largest absolute Gasteiger partial charge is 0.383 e. The summed E-state index contributed by atoms with van der Waals surface area (Å²) in [6.45, 7) is 5.90. The number of aryl methyl sites for hydroxylation is 1. The van der Waals surface area contributed by atoms with Crippen LogP contribution in [0.1, 0.15) is 41.9 Å². The van der Waals surface area contributed by atoms with Gasteiger partial charge in [0.25, 0.3) is 5.91 Å². The highest BCUT2D eigenvalue weighted by molar-refractivity contribution is 5.93. The van der Waals surface area contributed by atoms with Gasteiger partial charge < -0.3 is 19.9 Å². The van der Waals surface area contributed by atoms with E-state index in [0.29, 0.717) is 42.2 Å². The van der Waals surface area contributed by atoms with E-state index in [1.54, 1.807) is 26.4 Å². The van der Waals surface area contributed by atoms with Gasteiger partial charge in [0.15, 0.2) is 0 Å². The predicted octanol–water partition coefficient (Wildman–Crippen LogP) is 0.863. The van der Waals surface area contributed by atoms with Gasteiger partial charge in [0, 0.05) is 58.1 Å². The van der Waals surface area contributed by atoms with Gasteiger partial charge in [-0.15, -0.1) is 0 Å². The summed E-state index contributed by atoms with van der Waals surface area (Å²) in [7, 11) is 1.74. The van der Waals surface area contributed by atoms with E-state index in [1.165, 1.54) is 0 Å². The number of fused-ring (bicyclic) bond motifs is 4. The fraction of sp³-hybridized carbons (Fsp3) is 0.714. The third-order valence-electron chi connectivity index (χ3n) is 6.70. The van der Waals surface area contributed by atoms with Crippen molar-refractivity contribution in [2.75, 3.05) is 39.9 Å². The van der Waals surface area contributed by atoms with Crippen LogP contribution in [-0.4, -0.2) is 83.6 Å². The van der Waals surface area contributed by atoms with E-state index in [2.05, 4.69) is 25.1 Å². The van der Waals surface area contributed by atoms with Crippen molar-refractivity contribution in [2.24, 2.45) is 11.8 Å². The highest BCUT2D eigenvalue weighted by atomic mass is 16.5. The maximum Gasteiger partial charge on any atom is 0.254 e. The van der Waals surface area contributed by atoms with Crippen molar-refractivity contribution in [3.8, 4) is 0 Å². The Morgan fingerprint density at radius 2 is 2.03 bits per heavy atom. The van der Waals surface area contributed by atoms with Gasteiger partial charge in [0.2, 0.25) is 5.91 Å². The van der Waals surface area contributed by atoms with E-state index in [4.69, 9.17) is 4.74 Å². The molecule has 3 aliphatic heterocycles. The second-order valence-electron chi connectivity index (χ2n) is 8.57. The Hall–Kier alpha value is -2.06. The molecule has 2 bridgehead atoms. The number of nitrogens with one attached hydrogen (secondary N) is 1. The van der Waals surface area contributed by atoms with Crippen LogP contribution in [0, 0.1) is 18.8 Å². The smallest absolute Gasteiger partial charge is 0.254 e. The molecular formula is C21H31N5O3. The molecular weight excluding hydrogens is 370 g/mol. The van der Waals surface area contributed by atoms with Crippen molar-refractivity contribution in [1.29, 1.82) is 0 Å². The molecule has 0 radical (unpaired) electrons. The summed E-state index contributed by atoms with van der Waals surface area (Å²) in [6, 6.07) is 0.340. The number of piperidine rings is 3. The average molecular weight is 402 g/mol. The number of rotatable bonds is 6. The topological polar surface area (TPSA) is 87.7 Å². The molecule has 1 aromatic heterocycles. The van der Waals surface area contributed by atoms with E-state index < -0.39 is 0 Å². The molecule has 29 heavy (non-hydrogen) atoms. The molecule has 4 atom stereocenters. The number of ether oxygens (including phenoxy) is 1. The van der Waals surface area contributed by atoms with Gasteiger partial charge in [-0.1, -0.05) is 0 Å². The maximum atomic E-state index is 12.8. The molecule has 3 aliphatic rings. The quantitative estimate of drug-likeness (QED) is 0.761. The Kier molecular flexibility index (Phi) is 6.10. The summed E-state index contributed by atoms with van der Waals surface area (Å²) in [5.74, 6) is 1.60. The Labute approximate surface area is 172 Å². The zero-order chi connectivity index (χ0) is 20.4. The maximum absolute atomic E-state index is 12.8. The minimum Gasteiger partial charge on any atom is -0.383 e. The van der Waals surface area contributed by atoms with E-state index >= 15 is 0 Å². The van der Waals surface area contributed by atoms with Crippen molar-refractivity contribution < 1.29 is 14.3 Å². The molecule has 8 heteroatoms. The first-order chi connectivity index (χ1) is 14.1. The molecule has 8 nitrogen and oxygen atoms in total. The van der Waals surface area contributed by atoms with Crippen LogP contribution in [0.5, 0.6) is 0 Å². The lowest BCUT2D eigenvalue weighted by Crippen LogP contribution is -2.67. The normalized spacial score (nSPS) is 29.4. The number of likely N-dealkylation sites (tertiary alicyclic amines) is 1. The second-order valence-corrected chi connectivity index (χ2v) is 8.57. The number of carbonyl (C=O) groups is 2. The third-order valence-corrected chi connectivity index (χ3v) is 6.70. The van der Waals surface area contributed by atoms with E-state index in [0.717, 1.165) is 45.5 Å². The van der Waals surface area contributed by atoms with Crippen LogP contribution in [0.2, 0.25) is 0 Å². The van der Waals surface area contributed by atoms with Crippen LogP contribution in [0.3, 0.4) is 0 Å². The fourth-order valence-corrected chi connectivity index (χ4v) is 5.35. The lowest BCUT2D eigenvalue weighted by molar-refractivity contribution is -0.152. The molecule has 0 saturated carbocycles. The Bertz CT molecular complexity index is 740. The second kappa shape index (κ2) is 8.75. The summed E-state index contributed by atoms with van der Waals surface area (Å²) >= 11 is 0. The van der Waals surface area contributed by atoms with Crippen LogP contribution < -0.4 is 5.32 Å². The number of hydrogen-bond acceptors (Lipinski definition) is 6. The van der Waals surface area contributed by atoms with Crippen molar-refractivity contribution >= 4 is 11.8 Å². The van der Waals surface area contributed by atoms with Gasteiger partial charge in [-0.25, -0.2) is 9.97 Å². The minimum atomic E-state index is -0.180. The summed E-state index contributed by atoms with van der Waals surface area (Å²) in [5.41, 5.74) is 0.455. The first-order valence-electron chi connectivity index (χ1n) is 10.7. The van der Waals surface area contributed by atoms with E-state index in [-0.39, 0.29) is 17.9 Å². The summed E-state index contributed by atoms with van der Waals surface area (Å²) in [5, 5.41) is 3.05. The average Bonchev–Trinajstić information content (AvgIpc) is 2.73. The van der Waals surface area contributed by atoms with Crippen LogP contribution in [-0.2, 0) is 9.53 Å². The molecule has 1 N–H and O–H groups in total. The lowest BCUT2D eigenvalue weighted by Gasteiger charge is -2.56. The van der Waals surface area contributed by atoms with E-state index in [9.17, 15) is 9.59 Å². The standard InChI is InChI=1S/C21H31N5O3/c1-14-22-9-17(10-23-14)21(28)24-11-19-16-8-15(12-25(13-16)6-7-29-2)18-4-3-5-20(27)26(18)19/h9-10,15-16,18-19H,3-8,11-13H2,1-2H3,(H,24,28)/t15-,16+,18+,19+/m1/s1.